The number of hydrogen-bond acceptors (Lipinski definition) is 4. The Kier molecular flexibility index (Phi) is 5.37. The summed E-state index contributed by atoms with van der Waals surface area (Å²) in [4.78, 5) is 27.8. The monoisotopic (exact) mass is 424 g/mol. The van der Waals surface area contributed by atoms with Gasteiger partial charge < -0.3 is 4.98 Å². The van der Waals surface area contributed by atoms with Crippen LogP contribution in [0.5, 0.6) is 0 Å². The second-order valence-electron chi connectivity index (χ2n) is 7.17. The van der Waals surface area contributed by atoms with Gasteiger partial charge in [-0.15, -0.1) is 0 Å². The van der Waals surface area contributed by atoms with E-state index in [1.54, 1.807) is 11.2 Å². The summed E-state index contributed by atoms with van der Waals surface area (Å²) in [5.41, 5.74) is 4.84. The van der Waals surface area contributed by atoms with E-state index in [0.717, 1.165) is 28.7 Å². The van der Waals surface area contributed by atoms with Crippen molar-refractivity contribution < 1.29 is 4.79 Å². The van der Waals surface area contributed by atoms with Crippen LogP contribution in [0.2, 0.25) is 0 Å². The molecule has 1 aliphatic rings. The minimum absolute atomic E-state index is 0.0585. The van der Waals surface area contributed by atoms with Crippen molar-refractivity contribution in [2.45, 2.75) is 6.42 Å². The van der Waals surface area contributed by atoms with E-state index in [4.69, 9.17) is 4.99 Å². The number of aromatic amines is 1. The summed E-state index contributed by atoms with van der Waals surface area (Å²) in [5, 5.41) is 0.708. The van der Waals surface area contributed by atoms with Crippen LogP contribution in [-0.2, 0) is 11.2 Å². The fraction of sp³-hybridized carbons (Fsp3) is 0.0800. The lowest BCUT2D eigenvalue weighted by molar-refractivity contribution is -0.113. The van der Waals surface area contributed by atoms with Crippen molar-refractivity contribution in [2.24, 2.45) is 4.99 Å². The van der Waals surface area contributed by atoms with Gasteiger partial charge >= 0.3 is 0 Å². The van der Waals surface area contributed by atoms with Gasteiger partial charge in [0.15, 0.2) is 5.17 Å². The van der Waals surface area contributed by atoms with Crippen LogP contribution in [0.25, 0.3) is 17.1 Å². The van der Waals surface area contributed by atoms with Crippen LogP contribution in [0.15, 0.2) is 95.1 Å². The highest BCUT2D eigenvalue weighted by molar-refractivity contribution is 8.19. The van der Waals surface area contributed by atoms with Gasteiger partial charge in [0.2, 0.25) is 0 Å². The van der Waals surface area contributed by atoms with Crippen molar-refractivity contribution in [1.82, 2.24) is 9.97 Å². The van der Waals surface area contributed by atoms with Gasteiger partial charge in [0.05, 0.1) is 28.0 Å². The molecule has 1 aromatic heterocycles. The lowest BCUT2D eigenvalue weighted by Gasteiger charge is -2.15. The fourth-order valence-corrected chi connectivity index (χ4v) is 4.50. The van der Waals surface area contributed by atoms with Crippen molar-refractivity contribution >= 4 is 45.6 Å². The van der Waals surface area contributed by atoms with Crippen molar-refractivity contribution in [2.75, 3.05) is 11.4 Å². The Bertz CT molecular complexity index is 1280. The van der Waals surface area contributed by atoms with Gasteiger partial charge in [-0.2, -0.15) is 0 Å². The summed E-state index contributed by atoms with van der Waals surface area (Å²) in [5.74, 6) is -0.0585. The molecule has 1 aliphatic heterocycles. The molecule has 0 aliphatic carbocycles. The summed E-state index contributed by atoms with van der Waals surface area (Å²) >= 11 is 1.42. The number of nitrogens with one attached hydrogen (secondary N) is 1. The number of rotatable bonds is 5. The predicted octanol–water partition coefficient (Wildman–Crippen LogP) is 5.28. The highest BCUT2D eigenvalue weighted by atomic mass is 32.2. The van der Waals surface area contributed by atoms with Crippen molar-refractivity contribution in [3.63, 3.8) is 0 Å². The fourth-order valence-electron chi connectivity index (χ4n) is 3.50. The number of aromatic nitrogens is 2. The minimum atomic E-state index is -0.0585. The molecule has 5 rings (SSSR count). The third kappa shape index (κ3) is 4.15. The molecule has 152 valence electrons. The summed E-state index contributed by atoms with van der Waals surface area (Å²) < 4.78 is 0. The molecule has 0 atom stereocenters. The van der Waals surface area contributed by atoms with E-state index in [-0.39, 0.29) is 5.91 Å². The van der Waals surface area contributed by atoms with Crippen molar-refractivity contribution in [1.29, 1.82) is 0 Å². The van der Waals surface area contributed by atoms with Gasteiger partial charge in [-0.3, -0.25) is 14.7 Å². The largest absolute Gasteiger partial charge is 0.345 e. The zero-order valence-corrected chi connectivity index (χ0v) is 17.5. The first kappa shape index (κ1) is 19.3. The summed E-state index contributed by atoms with van der Waals surface area (Å²) in [6.45, 7) is 0.621. The van der Waals surface area contributed by atoms with Gasteiger partial charge in [-0.1, -0.05) is 54.6 Å². The van der Waals surface area contributed by atoms with Gasteiger partial charge in [-0.25, -0.2) is 4.98 Å². The standard InChI is InChI=1S/C25H20N4OS/c30-24-23(16-19-11-12-21-22(15-19)28-17-27-21)31-25(29(24)20-9-5-2-6-10-20)26-14-13-18-7-3-1-4-8-18/h1-12,15-17H,13-14H2,(H,27,28)/b23-16-,26-25-. The first-order chi connectivity index (χ1) is 15.3. The van der Waals surface area contributed by atoms with Crippen LogP contribution in [0.4, 0.5) is 5.69 Å². The van der Waals surface area contributed by atoms with Crippen LogP contribution in [-0.4, -0.2) is 27.6 Å². The van der Waals surface area contributed by atoms with E-state index in [1.165, 1.54) is 17.3 Å². The third-order valence-corrected chi connectivity index (χ3v) is 6.06. The Morgan fingerprint density at radius 2 is 1.77 bits per heavy atom. The molecule has 3 aromatic carbocycles. The molecule has 0 unspecified atom stereocenters. The Labute approximate surface area is 184 Å². The van der Waals surface area contributed by atoms with Gasteiger partial charge in [0.25, 0.3) is 5.91 Å². The van der Waals surface area contributed by atoms with Crippen LogP contribution >= 0.6 is 11.8 Å². The number of carbonyl (C=O) groups is 1. The summed E-state index contributed by atoms with van der Waals surface area (Å²) in [6.07, 6.45) is 4.42. The molecule has 0 spiro atoms. The number of H-pyrrole nitrogens is 1. The van der Waals surface area contributed by atoms with Gasteiger partial charge in [0.1, 0.15) is 0 Å². The number of aliphatic imine (C=N–C) groups is 1. The lowest BCUT2D eigenvalue weighted by Crippen LogP contribution is -2.29. The molecule has 0 radical (unpaired) electrons. The number of amidine groups is 1. The Morgan fingerprint density at radius 1 is 1.00 bits per heavy atom. The average molecular weight is 425 g/mol. The number of anilines is 1. The highest BCUT2D eigenvalue weighted by Crippen LogP contribution is 2.36. The van der Waals surface area contributed by atoms with Crippen LogP contribution in [0, 0.1) is 0 Å². The van der Waals surface area contributed by atoms with E-state index in [9.17, 15) is 4.79 Å². The molecule has 5 nitrogen and oxygen atoms in total. The number of thioether (sulfide) groups is 1. The SMILES string of the molecule is O=C1/C(=C/c2ccc3[nH]cnc3c2)S/C(=N\CCc2ccccc2)N1c1ccccc1. The van der Waals surface area contributed by atoms with Crippen LogP contribution in [0.1, 0.15) is 11.1 Å². The topological polar surface area (TPSA) is 61.4 Å². The number of para-hydroxylation sites is 1. The average Bonchev–Trinajstić information content (AvgIpc) is 3.39. The summed E-state index contributed by atoms with van der Waals surface area (Å²) in [6, 6.07) is 25.9. The highest BCUT2D eigenvalue weighted by Gasteiger charge is 2.34. The molecule has 2 heterocycles. The van der Waals surface area contributed by atoms with E-state index >= 15 is 0 Å². The quantitative estimate of drug-likeness (QED) is 0.443. The Morgan fingerprint density at radius 3 is 2.58 bits per heavy atom. The maximum atomic E-state index is 13.3. The van der Waals surface area contributed by atoms with Gasteiger partial charge in [0, 0.05) is 6.54 Å². The van der Waals surface area contributed by atoms with Gasteiger partial charge in [-0.05, 0) is 59.7 Å². The molecule has 0 bridgehead atoms. The molecule has 31 heavy (non-hydrogen) atoms. The molecule has 1 N–H and O–H groups in total. The third-order valence-electron chi connectivity index (χ3n) is 5.05. The maximum absolute atomic E-state index is 13.3. The Hall–Kier alpha value is -3.64. The van der Waals surface area contributed by atoms with E-state index < -0.39 is 0 Å². The predicted molar refractivity (Wildman–Crippen MR) is 128 cm³/mol. The molecule has 0 saturated carbocycles. The molecular weight excluding hydrogens is 404 g/mol. The first-order valence-electron chi connectivity index (χ1n) is 10.1. The van der Waals surface area contributed by atoms with E-state index in [2.05, 4.69) is 22.1 Å². The molecule has 6 heteroatoms. The molecule has 4 aromatic rings. The maximum Gasteiger partial charge on any atom is 0.271 e. The molecule has 1 fully saturated rings. The van der Waals surface area contributed by atoms with E-state index in [0.29, 0.717) is 16.6 Å². The molecular formula is C25H20N4OS. The second kappa shape index (κ2) is 8.62. The first-order valence-corrected chi connectivity index (χ1v) is 10.9. The zero-order valence-electron chi connectivity index (χ0n) is 16.7. The van der Waals surface area contributed by atoms with E-state index in [1.807, 2.05) is 72.8 Å². The minimum Gasteiger partial charge on any atom is -0.345 e. The smallest absolute Gasteiger partial charge is 0.271 e. The number of benzene rings is 3. The normalized spacial score (nSPS) is 16.6. The second-order valence-corrected chi connectivity index (χ2v) is 8.17. The number of fused-ring (bicyclic) bond motifs is 1. The number of hydrogen-bond donors (Lipinski definition) is 1. The summed E-state index contributed by atoms with van der Waals surface area (Å²) in [7, 11) is 0. The molecule has 1 amide bonds. The van der Waals surface area contributed by atoms with Crippen LogP contribution in [0.3, 0.4) is 0 Å². The lowest BCUT2D eigenvalue weighted by atomic mass is 10.2. The number of carbonyl (C=O) groups excluding carboxylic acids is 1. The molecule has 1 saturated heterocycles. The number of imidazole rings is 1. The number of nitrogens with zero attached hydrogens (tertiary/aromatic N) is 3. The zero-order chi connectivity index (χ0) is 21.0. The van der Waals surface area contributed by atoms with Crippen LogP contribution < -0.4 is 4.90 Å². The van der Waals surface area contributed by atoms with Crippen molar-refractivity contribution in [3.05, 3.63) is 101 Å². The Balaban J connectivity index is 1.45. The van der Waals surface area contributed by atoms with Crippen molar-refractivity contribution in [3.8, 4) is 0 Å². The number of amides is 1.